The highest BCUT2D eigenvalue weighted by atomic mass is 35.5. The standard InChI is InChI=1S/C14H13ClO3S/c1-8(14(17)18)9-2-3-10(11(15)6-9)7-13-12(16)4-5-19-13/h2-3,6-8H,4-5H2,1H3,(H,17,18). The van der Waals surface area contributed by atoms with Crippen molar-refractivity contribution in [1.82, 2.24) is 0 Å². The number of rotatable bonds is 3. The number of carbonyl (C=O) groups excluding carboxylic acids is 1. The topological polar surface area (TPSA) is 54.4 Å². The van der Waals surface area contributed by atoms with Gasteiger partial charge in [-0.2, -0.15) is 0 Å². The second kappa shape index (κ2) is 5.80. The molecule has 1 aromatic rings. The zero-order valence-corrected chi connectivity index (χ0v) is 11.9. The fraction of sp³-hybridized carbons (Fsp3) is 0.286. The monoisotopic (exact) mass is 296 g/mol. The Morgan fingerprint density at radius 2 is 2.26 bits per heavy atom. The lowest BCUT2D eigenvalue weighted by atomic mass is 10.00. The number of carbonyl (C=O) groups is 2. The first-order valence-corrected chi connectivity index (χ1v) is 7.25. The summed E-state index contributed by atoms with van der Waals surface area (Å²) in [6, 6.07) is 5.15. The van der Waals surface area contributed by atoms with Crippen molar-refractivity contribution in [3.05, 3.63) is 39.3 Å². The molecule has 1 heterocycles. The van der Waals surface area contributed by atoms with Crippen LogP contribution in [0.2, 0.25) is 5.02 Å². The van der Waals surface area contributed by atoms with Gasteiger partial charge in [0.05, 0.1) is 10.8 Å². The van der Waals surface area contributed by atoms with Crippen molar-refractivity contribution in [3.63, 3.8) is 0 Å². The van der Waals surface area contributed by atoms with Crippen molar-refractivity contribution >= 4 is 41.2 Å². The van der Waals surface area contributed by atoms with Crippen LogP contribution in [0.3, 0.4) is 0 Å². The molecule has 0 radical (unpaired) electrons. The summed E-state index contributed by atoms with van der Waals surface area (Å²) in [5, 5.41) is 9.43. The van der Waals surface area contributed by atoms with Gasteiger partial charge in [0.1, 0.15) is 0 Å². The van der Waals surface area contributed by atoms with E-state index < -0.39 is 11.9 Å². The van der Waals surface area contributed by atoms with E-state index in [4.69, 9.17) is 16.7 Å². The number of benzene rings is 1. The first-order chi connectivity index (χ1) is 8.99. The lowest BCUT2D eigenvalue weighted by Crippen LogP contribution is -2.07. The molecule has 0 amide bonds. The van der Waals surface area contributed by atoms with Crippen molar-refractivity contribution in [2.24, 2.45) is 0 Å². The van der Waals surface area contributed by atoms with Crippen LogP contribution in [-0.4, -0.2) is 22.6 Å². The van der Waals surface area contributed by atoms with Crippen LogP contribution < -0.4 is 0 Å². The Morgan fingerprint density at radius 1 is 1.53 bits per heavy atom. The summed E-state index contributed by atoms with van der Waals surface area (Å²) in [6.07, 6.45) is 2.35. The van der Waals surface area contributed by atoms with Crippen LogP contribution in [-0.2, 0) is 9.59 Å². The molecular formula is C14H13ClO3S. The Balaban J connectivity index is 2.30. The first kappa shape index (κ1) is 14.2. The van der Waals surface area contributed by atoms with Crippen molar-refractivity contribution in [2.75, 3.05) is 5.75 Å². The predicted molar refractivity (Wildman–Crippen MR) is 77.6 cm³/mol. The number of halogens is 1. The quantitative estimate of drug-likeness (QED) is 0.866. The summed E-state index contributed by atoms with van der Waals surface area (Å²) in [7, 11) is 0. The second-order valence-corrected chi connectivity index (χ2v) is 5.92. The molecule has 1 fully saturated rings. The third-order valence-corrected chi connectivity index (χ3v) is 4.44. The molecule has 1 aliphatic rings. The molecule has 0 bridgehead atoms. The molecule has 100 valence electrons. The smallest absolute Gasteiger partial charge is 0.310 e. The summed E-state index contributed by atoms with van der Waals surface area (Å²) in [4.78, 5) is 23.2. The minimum Gasteiger partial charge on any atom is -0.481 e. The molecule has 0 aliphatic carbocycles. The van der Waals surface area contributed by atoms with Crippen LogP contribution in [0, 0.1) is 0 Å². The third-order valence-electron chi connectivity index (χ3n) is 3.04. The highest BCUT2D eigenvalue weighted by Gasteiger charge is 2.19. The first-order valence-electron chi connectivity index (χ1n) is 5.89. The summed E-state index contributed by atoms with van der Waals surface area (Å²) in [6.45, 7) is 1.61. The summed E-state index contributed by atoms with van der Waals surface area (Å²) in [5.74, 6) is -0.523. The van der Waals surface area contributed by atoms with Gasteiger partial charge in [0.25, 0.3) is 0 Å². The highest BCUT2D eigenvalue weighted by Crippen LogP contribution is 2.32. The predicted octanol–water partition coefficient (Wildman–Crippen LogP) is 3.58. The van der Waals surface area contributed by atoms with Crippen LogP contribution in [0.5, 0.6) is 0 Å². The highest BCUT2D eigenvalue weighted by molar-refractivity contribution is 8.04. The SMILES string of the molecule is CC(C(=O)O)c1ccc(C=C2SCCC2=O)c(Cl)c1. The molecule has 19 heavy (non-hydrogen) atoms. The summed E-state index contributed by atoms with van der Waals surface area (Å²) in [5.41, 5.74) is 1.41. The Kier molecular flexibility index (Phi) is 4.32. The molecule has 3 nitrogen and oxygen atoms in total. The number of thioether (sulfide) groups is 1. The molecule has 5 heteroatoms. The van der Waals surface area contributed by atoms with Crippen molar-refractivity contribution in [1.29, 1.82) is 0 Å². The second-order valence-electron chi connectivity index (χ2n) is 4.37. The van der Waals surface area contributed by atoms with E-state index in [1.807, 2.05) is 0 Å². The lowest BCUT2D eigenvalue weighted by molar-refractivity contribution is -0.138. The Morgan fingerprint density at radius 3 is 2.79 bits per heavy atom. The van der Waals surface area contributed by atoms with Gasteiger partial charge < -0.3 is 5.11 Å². The van der Waals surface area contributed by atoms with E-state index in [-0.39, 0.29) is 5.78 Å². The van der Waals surface area contributed by atoms with E-state index in [9.17, 15) is 9.59 Å². The zero-order chi connectivity index (χ0) is 14.0. The van der Waals surface area contributed by atoms with Gasteiger partial charge >= 0.3 is 5.97 Å². The fourth-order valence-electron chi connectivity index (χ4n) is 1.79. The third kappa shape index (κ3) is 3.19. The van der Waals surface area contributed by atoms with Crippen molar-refractivity contribution < 1.29 is 14.7 Å². The number of hydrogen-bond acceptors (Lipinski definition) is 3. The van der Waals surface area contributed by atoms with Gasteiger partial charge in [-0.15, -0.1) is 11.8 Å². The van der Waals surface area contributed by atoms with Crippen molar-refractivity contribution in [2.45, 2.75) is 19.3 Å². The van der Waals surface area contributed by atoms with E-state index >= 15 is 0 Å². The Hall–Kier alpha value is -1.26. The number of carboxylic acids is 1. The van der Waals surface area contributed by atoms with E-state index in [0.717, 1.165) is 16.2 Å². The normalized spacial score (nSPS) is 18.8. The Labute approximate surface area is 120 Å². The molecule has 0 aromatic heterocycles. The maximum Gasteiger partial charge on any atom is 0.310 e. The van der Waals surface area contributed by atoms with E-state index in [1.54, 1.807) is 31.2 Å². The largest absolute Gasteiger partial charge is 0.481 e. The average Bonchev–Trinajstić information content (AvgIpc) is 2.76. The molecule has 1 aromatic carbocycles. The molecule has 0 saturated carbocycles. The van der Waals surface area contributed by atoms with E-state index in [1.165, 1.54) is 11.8 Å². The van der Waals surface area contributed by atoms with Crippen LogP contribution in [0.25, 0.3) is 6.08 Å². The molecule has 1 saturated heterocycles. The molecule has 0 spiro atoms. The van der Waals surface area contributed by atoms with E-state index in [2.05, 4.69) is 0 Å². The van der Waals surface area contributed by atoms with Crippen LogP contribution in [0.4, 0.5) is 0 Å². The molecule has 1 atom stereocenters. The van der Waals surface area contributed by atoms with Crippen LogP contribution in [0.15, 0.2) is 23.1 Å². The molecule has 2 rings (SSSR count). The summed E-state index contributed by atoms with van der Waals surface area (Å²) < 4.78 is 0. The zero-order valence-electron chi connectivity index (χ0n) is 10.4. The minimum absolute atomic E-state index is 0.143. The van der Waals surface area contributed by atoms with Gasteiger partial charge in [0.15, 0.2) is 5.78 Å². The maximum atomic E-state index is 11.5. The number of hydrogen-bond donors (Lipinski definition) is 1. The number of aliphatic carboxylic acids is 1. The van der Waals surface area contributed by atoms with Gasteiger partial charge in [-0.05, 0) is 30.2 Å². The minimum atomic E-state index is -0.885. The van der Waals surface area contributed by atoms with Crippen LogP contribution >= 0.6 is 23.4 Å². The van der Waals surface area contributed by atoms with E-state index in [0.29, 0.717) is 17.0 Å². The lowest BCUT2D eigenvalue weighted by Gasteiger charge is -2.08. The molecular weight excluding hydrogens is 284 g/mol. The number of ketones is 1. The Bertz CT molecular complexity index is 566. The van der Waals surface area contributed by atoms with Gasteiger partial charge in [-0.25, -0.2) is 0 Å². The molecule has 1 aliphatic heterocycles. The van der Waals surface area contributed by atoms with Gasteiger partial charge in [0, 0.05) is 17.2 Å². The average molecular weight is 297 g/mol. The van der Waals surface area contributed by atoms with Crippen molar-refractivity contribution in [3.8, 4) is 0 Å². The fourth-order valence-corrected chi connectivity index (χ4v) is 3.02. The van der Waals surface area contributed by atoms with Gasteiger partial charge in [-0.1, -0.05) is 23.7 Å². The summed E-state index contributed by atoms with van der Waals surface area (Å²) >= 11 is 7.67. The molecule has 1 N–H and O–H groups in total. The molecule has 1 unspecified atom stereocenters. The maximum absolute atomic E-state index is 11.5. The van der Waals surface area contributed by atoms with Gasteiger partial charge in [0.2, 0.25) is 0 Å². The number of carboxylic acid groups (broad SMARTS) is 1. The van der Waals surface area contributed by atoms with Gasteiger partial charge in [-0.3, -0.25) is 9.59 Å². The number of Topliss-reactive ketones (excluding diaryl/α,β-unsaturated/α-hetero) is 1. The van der Waals surface area contributed by atoms with Crippen LogP contribution in [0.1, 0.15) is 30.4 Å². The number of allylic oxidation sites excluding steroid dienone is 1.